The third-order valence-corrected chi connectivity index (χ3v) is 3.12. The molecule has 3 amide bonds. The van der Waals surface area contributed by atoms with Crippen molar-refractivity contribution >= 4 is 17.9 Å². The minimum Gasteiger partial charge on any atom is -0.481 e. The summed E-state index contributed by atoms with van der Waals surface area (Å²) in [5, 5.41) is 13.5. The van der Waals surface area contributed by atoms with Crippen LogP contribution in [-0.4, -0.2) is 54.1 Å². The number of carbonyl (C=O) groups excluding carboxylic acids is 2. The Bertz CT molecular complexity index is 365. The first kappa shape index (κ1) is 16.4. The zero-order valence-corrected chi connectivity index (χ0v) is 12.0. The molecular weight excluding hydrogens is 262 g/mol. The van der Waals surface area contributed by atoms with Gasteiger partial charge < -0.3 is 10.4 Å². The number of amides is 3. The fourth-order valence-corrected chi connectivity index (χ4v) is 2.07. The molecule has 0 radical (unpaired) electrons. The predicted octanol–water partition coefficient (Wildman–Crippen LogP) is 0.265. The number of nitrogens with zero attached hydrogens (tertiary/aromatic N) is 1. The second kappa shape index (κ2) is 7.84. The Morgan fingerprint density at radius 2 is 1.95 bits per heavy atom. The van der Waals surface area contributed by atoms with Gasteiger partial charge in [-0.3, -0.25) is 19.8 Å². The van der Waals surface area contributed by atoms with Gasteiger partial charge in [-0.05, 0) is 18.3 Å². The van der Waals surface area contributed by atoms with Crippen LogP contribution in [-0.2, 0) is 9.59 Å². The smallest absolute Gasteiger partial charge is 0.321 e. The van der Waals surface area contributed by atoms with E-state index in [1.807, 2.05) is 4.90 Å². The number of carboxylic acid groups (broad SMARTS) is 1. The van der Waals surface area contributed by atoms with Crippen molar-refractivity contribution in [2.75, 3.05) is 26.2 Å². The molecule has 1 saturated heterocycles. The summed E-state index contributed by atoms with van der Waals surface area (Å²) in [6, 6.07) is -0.474. The molecule has 1 rings (SSSR count). The van der Waals surface area contributed by atoms with E-state index in [0.29, 0.717) is 25.6 Å². The summed E-state index contributed by atoms with van der Waals surface area (Å²) in [5.74, 6) is -0.567. The van der Waals surface area contributed by atoms with E-state index >= 15 is 0 Å². The minimum atomic E-state index is -0.816. The number of rotatable bonds is 7. The third kappa shape index (κ3) is 6.51. The average Bonchev–Trinajstić information content (AvgIpc) is 2.24. The lowest BCUT2D eigenvalue weighted by molar-refractivity contribution is -0.139. The van der Waals surface area contributed by atoms with E-state index < -0.39 is 12.0 Å². The third-order valence-electron chi connectivity index (χ3n) is 3.12. The fraction of sp³-hybridized carbons (Fsp3) is 0.769. The Kier molecular flexibility index (Phi) is 6.44. The molecule has 0 unspecified atom stereocenters. The van der Waals surface area contributed by atoms with Gasteiger partial charge in [0.15, 0.2) is 0 Å². The summed E-state index contributed by atoms with van der Waals surface area (Å²) >= 11 is 0. The maximum absolute atomic E-state index is 11.6. The average molecular weight is 285 g/mol. The summed E-state index contributed by atoms with van der Waals surface area (Å²) in [7, 11) is 0. The van der Waals surface area contributed by atoms with Gasteiger partial charge in [-0.1, -0.05) is 13.8 Å². The molecule has 0 atom stereocenters. The highest BCUT2D eigenvalue weighted by Gasteiger charge is 2.29. The Labute approximate surface area is 118 Å². The van der Waals surface area contributed by atoms with Crippen molar-refractivity contribution in [2.24, 2.45) is 11.8 Å². The second-order valence-corrected chi connectivity index (χ2v) is 5.64. The predicted molar refractivity (Wildman–Crippen MR) is 73.2 cm³/mol. The number of imide groups is 1. The van der Waals surface area contributed by atoms with Crippen molar-refractivity contribution in [3.8, 4) is 0 Å². The molecule has 7 nitrogen and oxygen atoms in total. The van der Waals surface area contributed by atoms with Crippen LogP contribution in [0.25, 0.3) is 0 Å². The topological polar surface area (TPSA) is 98.7 Å². The highest BCUT2D eigenvalue weighted by molar-refractivity contribution is 5.95. The number of aliphatic carboxylic acids is 1. The van der Waals surface area contributed by atoms with E-state index in [0.717, 1.165) is 6.42 Å². The quantitative estimate of drug-likeness (QED) is 0.623. The lowest BCUT2D eigenvalue weighted by atomic mass is 9.96. The van der Waals surface area contributed by atoms with E-state index in [9.17, 15) is 14.4 Å². The summed E-state index contributed by atoms with van der Waals surface area (Å²) in [6.45, 7) is 5.97. The molecule has 114 valence electrons. The normalized spacial score (nSPS) is 15.8. The van der Waals surface area contributed by atoms with Crippen molar-refractivity contribution in [1.82, 2.24) is 15.5 Å². The number of likely N-dealkylation sites (tertiary alicyclic amines) is 1. The molecule has 7 heteroatoms. The van der Waals surface area contributed by atoms with Crippen molar-refractivity contribution in [1.29, 1.82) is 0 Å². The number of nitrogens with one attached hydrogen (secondary N) is 2. The Morgan fingerprint density at radius 1 is 1.30 bits per heavy atom. The van der Waals surface area contributed by atoms with Gasteiger partial charge in [-0.15, -0.1) is 0 Å². The zero-order chi connectivity index (χ0) is 15.1. The molecule has 0 aromatic rings. The van der Waals surface area contributed by atoms with Gasteiger partial charge >= 0.3 is 12.0 Å². The number of carboxylic acids is 1. The molecular formula is C13H23N3O4. The Balaban J connectivity index is 2.09. The van der Waals surface area contributed by atoms with Crippen LogP contribution in [0.1, 0.15) is 26.7 Å². The highest BCUT2D eigenvalue weighted by Crippen LogP contribution is 2.17. The van der Waals surface area contributed by atoms with E-state index in [2.05, 4.69) is 24.5 Å². The first-order chi connectivity index (χ1) is 9.36. The molecule has 3 N–H and O–H groups in total. The van der Waals surface area contributed by atoms with Gasteiger partial charge in [-0.25, -0.2) is 4.79 Å². The van der Waals surface area contributed by atoms with Crippen LogP contribution in [0.4, 0.5) is 4.79 Å². The van der Waals surface area contributed by atoms with E-state index in [1.165, 1.54) is 0 Å². The van der Waals surface area contributed by atoms with E-state index in [4.69, 9.17) is 5.11 Å². The molecule has 1 fully saturated rings. The van der Waals surface area contributed by atoms with Crippen LogP contribution in [0.3, 0.4) is 0 Å². The fourth-order valence-electron chi connectivity index (χ4n) is 2.07. The van der Waals surface area contributed by atoms with Crippen LogP contribution in [0.5, 0.6) is 0 Å². The van der Waals surface area contributed by atoms with Crippen LogP contribution in [0, 0.1) is 11.8 Å². The van der Waals surface area contributed by atoms with Crippen LogP contribution in [0.2, 0.25) is 0 Å². The minimum absolute atomic E-state index is 0.111. The summed E-state index contributed by atoms with van der Waals surface area (Å²) in [4.78, 5) is 35.2. The van der Waals surface area contributed by atoms with Gasteiger partial charge in [0.25, 0.3) is 0 Å². The molecule has 20 heavy (non-hydrogen) atoms. The van der Waals surface area contributed by atoms with Crippen LogP contribution < -0.4 is 10.6 Å². The first-order valence-corrected chi connectivity index (χ1v) is 6.88. The maximum Gasteiger partial charge on any atom is 0.321 e. The standard InChI is InChI=1S/C13H23N3O4/c1-9(2)3-4-14-13(20)15-11(17)8-16-6-10(7-16)5-12(18)19/h9-10H,3-8H2,1-2H3,(H,18,19)(H2,14,15,17,20). The monoisotopic (exact) mass is 285 g/mol. The van der Waals surface area contributed by atoms with Crippen LogP contribution in [0.15, 0.2) is 0 Å². The SMILES string of the molecule is CC(C)CCNC(=O)NC(=O)CN1CC(CC(=O)O)C1. The van der Waals surface area contributed by atoms with Gasteiger partial charge in [0.1, 0.15) is 0 Å². The molecule has 0 spiro atoms. The number of hydrogen-bond acceptors (Lipinski definition) is 4. The molecule has 0 aromatic carbocycles. The second-order valence-electron chi connectivity index (χ2n) is 5.64. The number of carbonyl (C=O) groups is 3. The van der Waals surface area contributed by atoms with Crippen LogP contribution >= 0.6 is 0 Å². The Morgan fingerprint density at radius 3 is 2.50 bits per heavy atom. The first-order valence-electron chi connectivity index (χ1n) is 6.88. The molecule has 0 bridgehead atoms. The van der Waals surface area contributed by atoms with Crippen molar-refractivity contribution in [2.45, 2.75) is 26.7 Å². The molecule has 0 aliphatic carbocycles. The van der Waals surface area contributed by atoms with E-state index in [-0.39, 0.29) is 24.8 Å². The lowest BCUT2D eigenvalue weighted by Crippen LogP contribution is -2.52. The highest BCUT2D eigenvalue weighted by atomic mass is 16.4. The van der Waals surface area contributed by atoms with Gasteiger partial charge in [0.2, 0.25) is 5.91 Å². The molecule has 0 saturated carbocycles. The van der Waals surface area contributed by atoms with Crippen molar-refractivity contribution < 1.29 is 19.5 Å². The number of hydrogen-bond donors (Lipinski definition) is 3. The number of urea groups is 1. The summed E-state index contributed by atoms with van der Waals surface area (Å²) in [5.41, 5.74) is 0. The van der Waals surface area contributed by atoms with Crippen molar-refractivity contribution in [3.63, 3.8) is 0 Å². The molecule has 1 aliphatic rings. The zero-order valence-electron chi connectivity index (χ0n) is 12.0. The summed E-state index contributed by atoms with van der Waals surface area (Å²) < 4.78 is 0. The van der Waals surface area contributed by atoms with Crippen molar-refractivity contribution in [3.05, 3.63) is 0 Å². The van der Waals surface area contributed by atoms with Gasteiger partial charge in [-0.2, -0.15) is 0 Å². The Hall–Kier alpha value is -1.63. The van der Waals surface area contributed by atoms with E-state index in [1.54, 1.807) is 0 Å². The maximum atomic E-state index is 11.6. The lowest BCUT2D eigenvalue weighted by Gasteiger charge is -2.37. The largest absolute Gasteiger partial charge is 0.481 e. The van der Waals surface area contributed by atoms with Gasteiger partial charge in [0.05, 0.1) is 13.0 Å². The van der Waals surface area contributed by atoms with Gasteiger partial charge in [0, 0.05) is 19.6 Å². The summed E-state index contributed by atoms with van der Waals surface area (Å²) in [6.07, 6.45) is 0.998. The molecule has 0 aromatic heterocycles. The molecule has 1 aliphatic heterocycles. The molecule has 1 heterocycles.